The number of aromatic nitrogens is 4. The van der Waals surface area contributed by atoms with Crippen LogP contribution in [0.3, 0.4) is 0 Å². The van der Waals surface area contributed by atoms with Crippen molar-refractivity contribution in [3.63, 3.8) is 0 Å². The van der Waals surface area contributed by atoms with Gasteiger partial charge in [0, 0.05) is 30.6 Å². The molecule has 0 saturated heterocycles. The normalized spacial score (nSPS) is 10.6. The van der Waals surface area contributed by atoms with E-state index in [0.717, 1.165) is 16.3 Å². The van der Waals surface area contributed by atoms with Gasteiger partial charge < -0.3 is 10.2 Å². The highest BCUT2D eigenvalue weighted by Crippen LogP contribution is 2.21. The van der Waals surface area contributed by atoms with Crippen molar-refractivity contribution in [1.29, 1.82) is 0 Å². The molecule has 0 bridgehead atoms. The first kappa shape index (κ1) is 16.1. The van der Waals surface area contributed by atoms with Crippen LogP contribution in [0.15, 0.2) is 29.6 Å². The third-order valence-corrected chi connectivity index (χ3v) is 4.17. The van der Waals surface area contributed by atoms with Gasteiger partial charge in [-0.25, -0.2) is 4.98 Å². The third-order valence-electron chi connectivity index (χ3n) is 3.40. The van der Waals surface area contributed by atoms with Gasteiger partial charge in [0.1, 0.15) is 5.82 Å². The predicted molar refractivity (Wildman–Crippen MR) is 94.2 cm³/mol. The number of aromatic amines is 1. The van der Waals surface area contributed by atoms with Crippen molar-refractivity contribution < 1.29 is 4.79 Å². The van der Waals surface area contributed by atoms with Crippen LogP contribution in [0.1, 0.15) is 21.2 Å². The van der Waals surface area contributed by atoms with Gasteiger partial charge in [-0.1, -0.05) is 12.1 Å². The second kappa shape index (κ2) is 6.79. The number of carbonyl (C=O) groups is 1. The molecule has 0 radical (unpaired) electrons. The Morgan fingerprint density at radius 2 is 2.00 bits per heavy atom. The number of amides is 1. The molecular formula is C16H18N6OS. The molecule has 2 N–H and O–H groups in total. The minimum absolute atomic E-state index is 0.154. The van der Waals surface area contributed by atoms with Crippen LogP contribution in [0.5, 0.6) is 0 Å². The first-order chi connectivity index (χ1) is 11.5. The number of nitrogens with one attached hydrogen (secondary N) is 2. The number of nitrogens with zero attached hydrogens (tertiary/aromatic N) is 4. The van der Waals surface area contributed by atoms with Crippen LogP contribution >= 0.6 is 11.3 Å². The van der Waals surface area contributed by atoms with Crippen molar-refractivity contribution in [1.82, 2.24) is 25.5 Å². The van der Waals surface area contributed by atoms with Crippen LogP contribution in [0.25, 0.3) is 11.3 Å². The van der Waals surface area contributed by atoms with Crippen LogP contribution in [-0.2, 0) is 6.54 Å². The maximum Gasteiger partial charge on any atom is 0.251 e. The Balaban J connectivity index is 1.62. The lowest BCUT2D eigenvalue weighted by Gasteiger charge is -2.05. The molecule has 0 aliphatic rings. The minimum Gasteiger partial charge on any atom is -0.346 e. The molecule has 1 amide bonds. The lowest BCUT2D eigenvalue weighted by molar-refractivity contribution is 0.0950. The second-order valence-corrected chi connectivity index (χ2v) is 6.55. The Bertz CT molecular complexity index is 836. The molecule has 3 aromatic rings. The molecule has 0 atom stereocenters. The average Bonchev–Trinajstić information content (AvgIpc) is 3.22. The smallest absolute Gasteiger partial charge is 0.251 e. The molecule has 0 aliphatic heterocycles. The summed E-state index contributed by atoms with van der Waals surface area (Å²) in [6, 6.07) is 7.40. The Kier molecular flexibility index (Phi) is 4.57. The van der Waals surface area contributed by atoms with Gasteiger partial charge in [-0.2, -0.15) is 4.98 Å². The molecule has 0 unspecified atom stereocenters. The zero-order valence-electron chi connectivity index (χ0n) is 13.7. The predicted octanol–water partition coefficient (Wildman–Crippen LogP) is 2.23. The number of hydrogen-bond donors (Lipinski definition) is 2. The summed E-state index contributed by atoms with van der Waals surface area (Å²) in [5, 5.41) is 12.7. The lowest BCUT2D eigenvalue weighted by Crippen LogP contribution is -2.23. The number of thiazole rings is 1. The van der Waals surface area contributed by atoms with Gasteiger partial charge in [-0.3, -0.25) is 9.89 Å². The highest BCUT2D eigenvalue weighted by atomic mass is 32.1. The van der Waals surface area contributed by atoms with Gasteiger partial charge in [-0.15, -0.1) is 16.4 Å². The van der Waals surface area contributed by atoms with Crippen molar-refractivity contribution in [3.05, 3.63) is 46.0 Å². The minimum atomic E-state index is -0.154. The summed E-state index contributed by atoms with van der Waals surface area (Å²) < 4.78 is 0. The Morgan fingerprint density at radius 3 is 2.58 bits per heavy atom. The highest BCUT2D eigenvalue weighted by Gasteiger charge is 2.09. The number of rotatable bonds is 5. The van der Waals surface area contributed by atoms with Gasteiger partial charge in [-0.05, 0) is 19.1 Å². The summed E-state index contributed by atoms with van der Waals surface area (Å²) in [4.78, 5) is 22.7. The fourth-order valence-electron chi connectivity index (χ4n) is 2.12. The molecule has 0 aliphatic carbocycles. The number of anilines is 1. The Labute approximate surface area is 143 Å². The summed E-state index contributed by atoms with van der Waals surface area (Å²) in [7, 11) is 3.72. The number of H-pyrrole nitrogens is 1. The van der Waals surface area contributed by atoms with Gasteiger partial charge in [0.15, 0.2) is 0 Å². The molecule has 24 heavy (non-hydrogen) atoms. The molecular weight excluding hydrogens is 324 g/mol. The molecule has 2 heterocycles. The second-order valence-electron chi connectivity index (χ2n) is 5.49. The van der Waals surface area contributed by atoms with E-state index in [4.69, 9.17) is 0 Å². The number of carbonyl (C=O) groups excluding carboxylic acids is 1. The van der Waals surface area contributed by atoms with Crippen LogP contribution < -0.4 is 10.2 Å². The van der Waals surface area contributed by atoms with Gasteiger partial charge in [0.2, 0.25) is 5.95 Å². The van der Waals surface area contributed by atoms with Gasteiger partial charge in [0.05, 0.1) is 17.2 Å². The quantitative estimate of drug-likeness (QED) is 0.742. The fourth-order valence-corrected chi connectivity index (χ4v) is 2.74. The van der Waals surface area contributed by atoms with E-state index in [9.17, 15) is 4.79 Å². The Morgan fingerprint density at radius 1 is 1.25 bits per heavy atom. The fraction of sp³-hybridized carbons (Fsp3) is 0.250. The topological polar surface area (TPSA) is 86.8 Å². The SMILES string of the molecule is Cc1nc(-c2ccc(C(=O)NCc3nc(N(C)C)n[nH]3)cc2)cs1. The summed E-state index contributed by atoms with van der Waals surface area (Å²) in [5.74, 6) is 1.04. The van der Waals surface area contributed by atoms with E-state index in [1.807, 2.05) is 38.5 Å². The van der Waals surface area contributed by atoms with Gasteiger partial charge in [0.25, 0.3) is 5.91 Å². The monoisotopic (exact) mass is 342 g/mol. The van der Waals surface area contributed by atoms with E-state index in [2.05, 4.69) is 25.5 Å². The van der Waals surface area contributed by atoms with Crippen molar-refractivity contribution in [2.24, 2.45) is 0 Å². The first-order valence-electron chi connectivity index (χ1n) is 7.42. The molecule has 3 rings (SSSR count). The van der Waals surface area contributed by atoms with Crippen LogP contribution in [0.2, 0.25) is 0 Å². The number of hydrogen-bond acceptors (Lipinski definition) is 6. The van der Waals surface area contributed by atoms with E-state index in [-0.39, 0.29) is 5.91 Å². The largest absolute Gasteiger partial charge is 0.346 e. The lowest BCUT2D eigenvalue weighted by atomic mass is 10.1. The molecule has 1 aromatic carbocycles. The first-order valence-corrected chi connectivity index (χ1v) is 8.30. The molecule has 2 aromatic heterocycles. The van der Waals surface area contributed by atoms with Crippen molar-refractivity contribution in [3.8, 4) is 11.3 Å². The van der Waals surface area contributed by atoms with E-state index < -0.39 is 0 Å². The maximum atomic E-state index is 12.2. The van der Waals surface area contributed by atoms with Crippen molar-refractivity contribution in [2.45, 2.75) is 13.5 Å². The summed E-state index contributed by atoms with van der Waals surface area (Å²) in [6.45, 7) is 2.27. The molecule has 8 heteroatoms. The van der Waals surface area contributed by atoms with E-state index in [0.29, 0.717) is 23.9 Å². The average molecular weight is 342 g/mol. The highest BCUT2D eigenvalue weighted by molar-refractivity contribution is 7.09. The number of aryl methyl sites for hydroxylation is 1. The van der Waals surface area contributed by atoms with Crippen molar-refractivity contribution >= 4 is 23.2 Å². The van der Waals surface area contributed by atoms with Crippen molar-refractivity contribution in [2.75, 3.05) is 19.0 Å². The molecule has 0 fully saturated rings. The maximum absolute atomic E-state index is 12.2. The molecule has 7 nitrogen and oxygen atoms in total. The standard InChI is InChI=1S/C16H18N6OS/c1-10-18-13(9-24-10)11-4-6-12(7-5-11)15(23)17-8-14-19-16(21-20-14)22(2)3/h4-7,9H,8H2,1-3H3,(H,17,23)(H,19,20,21). The molecule has 124 valence electrons. The summed E-state index contributed by atoms with van der Waals surface area (Å²) >= 11 is 1.61. The zero-order valence-corrected chi connectivity index (χ0v) is 14.5. The van der Waals surface area contributed by atoms with Crippen LogP contribution in [0.4, 0.5) is 5.95 Å². The zero-order chi connectivity index (χ0) is 17.1. The number of benzene rings is 1. The Hall–Kier alpha value is -2.74. The molecule has 0 saturated carbocycles. The summed E-state index contributed by atoms with van der Waals surface area (Å²) in [6.07, 6.45) is 0. The van der Waals surface area contributed by atoms with E-state index in [1.54, 1.807) is 28.4 Å². The van der Waals surface area contributed by atoms with Crippen LogP contribution in [-0.4, -0.2) is 40.2 Å². The third kappa shape index (κ3) is 3.60. The summed E-state index contributed by atoms with van der Waals surface area (Å²) in [5.41, 5.74) is 2.53. The van der Waals surface area contributed by atoms with E-state index in [1.165, 1.54) is 0 Å². The molecule has 0 spiro atoms. The van der Waals surface area contributed by atoms with E-state index >= 15 is 0 Å². The van der Waals surface area contributed by atoms with Gasteiger partial charge >= 0.3 is 0 Å². The van der Waals surface area contributed by atoms with Crippen LogP contribution in [0, 0.1) is 6.92 Å².